The summed E-state index contributed by atoms with van der Waals surface area (Å²) in [5.41, 5.74) is 3.03. The molecule has 1 heterocycles. The molecule has 6 heteroatoms. The van der Waals surface area contributed by atoms with E-state index < -0.39 is 0 Å². The summed E-state index contributed by atoms with van der Waals surface area (Å²) in [6, 6.07) is 7.26. The van der Waals surface area contributed by atoms with Crippen LogP contribution in [0.5, 0.6) is 11.6 Å². The fourth-order valence-electron chi connectivity index (χ4n) is 2.36. The second-order valence-electron chi connectivity index (χ2n) is 4.91. The average molecular weight is 333 g/mol. The van der Waals surface area contributed by atoms with Gasteiger partial charge < -0.3 is 4.74 Å². The first-order valence-electron chi connectivity index (χ1n) is 6.66. The molecule has 22 heavy (non-hydrogen) atoms. The molecule has 1 aliphatic carbocycles. The Balaban J connectivity index is 1.91. The van der Waals surface area contributed by atoms with Crippen LogP contribution in [0.4, 0.5) is 0 Å². The number of carbonyl (C=O) groups is 1. The Morgan fingerprint density at radius 3 is 2.86 bits per heavy atom. The molecule has 1 aromatic heterocycles. The SMILES string of the molecule is CSc1nc(Cl)cc(Oc2ccc3c(c2)CC(=O)C=C3C)n1. The highest BCUT2D eigenvalue weighted by atomic mass is 35.5. The lowest BCUT2D eigenvalue weighted by Gasteiger charge is -2.15. The van der Waals surface area contributed by atoms with Crippen LogP contribution in [0, 0.1) is 0 Å². The number of carbonyl (C=O) groups excluding carboxylic acids is 1. The van der Waals surface area contributed by atoms with Crippen molar-refractivity contribution < 1.29 is 9.53 Å². The Morgan fingerprint density at radius 2 is 2.09 bits per heavy atom. The van der Waals surface area contributed by atoms with Crippen molar-refractivity contribution in [2.24, 2.45) is 0 Å². The number of aromatic nitrogens is 2. The number of thioether (sulfide) groups is 1. The van der Waals surface area contributed by atoms with E-state index in [0.29, 0.717) is 28.4 Å². The van der Waals surface area contributed by atoms with Crippen molar-refractivity contribution in [2.75, 3.05) is 6.26 Å². The molecule has 0 atom stereocenters. The average Bonchev–Trinajstić information content (AvgIpc) is 2.46. The third-order valence-electron chi connectivity index (χ3n) is 3.30. The van der Waals surface area contributed by atoms with Crippen molar-refractivity contribution in [3.05, 3.63) is 46.6 Å². The van der Waals surface area contributed by atoms with E-state index in [-0.39, 0.29) is 5.78 Å². The number of allylic oxidation sites excluding steroid dienone is 2. The third kappa shape index (κ3) is 3.15. The molecule has 112 valence electrons. The summed E-state index contributed by atoms with van der Waals surface area (Å²) < 4.78 is 5.76. The zero-order valence-corrected chi connectivity index (χ0v) is 13.7. The van der Waals surface area contributed by atoms with E-state index >= 15 is 0 Å². The van der Waals surface area contributed by atoms with Crippen LogP contribution in [-0.4, -0.2) is 22.0 Å². The Bertz CT molecular complexity index is 790. The van der Waals surface area contributed by atoms with E-state index in [1.54, 1.807) is 12.1 Å². The molecule has 0 fully saturated rings. The summed E-state index contributed by atoms with van der Waals surface area (Å²) in [6.07, 6.45) is 3.94. The predicted molar refractivity (Wildman–Crippen MR) is 87.7 cm³/mol. The van der Waals surface area contributed by atoms with E-state index in [0.717, 1.165) is 16.7 Å². The maximum atomic E-state index is 11.7. The van der Waals surface area contributed by atoms with E-state index in [4.69, 9.17) is 16.3 Å². The van der Waals surface area contributed by atoms with E-state index in [9.17, 15) is 4.79 Å². The molecule has 0 radical (unpaired) electrons. The molecule has 1 aliphatic rings. The lowest BCUT2D eigenvalue weighted by molar-refractivity contribution is -0.114. The van der Waals surface area contributed by atoms with Gasteiger partial charge in [0, 0.05) is 12.5 Å². The van der Waals surface area contributed by atoms with Gasteiger partial charge in [-0.2, -0.15) is 4.98 Å². The van der Waals surface area contributed by atoms with Crippen LogP contribution < -0.4 is 4.74 Å². The number of ether oxygens (including phenoxy) is 1. The fourth-order valence-corrected chi connectivity index (χ4v) is 2.96. The molecule has 4 nitrogen and oxygen atoms in total. The Labute approximate surface area is 137 Å². The molecular formula is C16H13ClN2O2S. The van der Waals surface area contributed by atoms with Crippen LogP contribution in [-0.2, 0) is 11.2 Å². The van der Waals surface area contributed by atoms with Crippen LogP contribution in [0.25, 0.3) is 5.57 Å². The highest BCUT2D eigenvalue weighted by Gasteiger charge is 2.16. The lowest BCUT2D eigenvalue weighted by atomic mass is 9.91. The number of hydrogen-bond donors (Lipinski definition) is 0. The number of benzene rings is 1. The van der Waals surface area contributed by atoms with Gasteiger partial charge in [0.15, 0.2) is 10.9 Å². The van der Waals surface area contributed by atoms with Crippen LogP contribution in [0.1, 0.15) is 18.1 Å². The quantitative estimate of drug-likeness (QED) is 0.479. The highest BCUT2D eigenvalue weighted by Crippen LogP contribution is 2.30. The van der Waals surface area contributed by atoms with Crippen molar-refractivity contribution in [1.82, 2.24) is 9.97 Å². The monoisotopic (exact) mass is 332 g/mol. The van der Waals surface area contributed by atoms with E-state index in [1.807, 2.05) is 31.4 Å². The number of fused-ring (bicyclic) bond motifs is 1. The number of nitrogens with zero attached hydrogens (tertiary/aromatic N) is 2. The Hall–Kier alpha value is -1.85. The molecule has 0 amide bonds. The summed E-state index contributed by atoms with van der Waals surface area (Å²) >= 11 is 7.34. The minimum absolute atomic E-state index is 0.108. The van der Waals surface area contributed by atoms with Crippen molar-refractivity contribution in [3.63, 3.8) is 0 Å². The van der Waals surface area contributed by atoms with Gasteiger partial charge in [-0.15, -0.1) is 0 Å². The van der Waals surface area contributed by atoms with Gasteiger partial charge in [-0.3, -0.25) is 4.79 Å². The van der Waals surface area contributed by atoms with E-state index in [2.05, 4.69) is 9.97 Å². The van der Waals surface area contributed by atoms with Crippen LogP contribution >= 0.6 is 23.4 Å². The molecule has 0 unspecified atom stereocenters. The molecular weight excluding hydrogens is 320 g/mol. The summed E-state index contributed by atoms with van der Waals surface area (Å²) in [4.78, 5) is 20.0. The smallest absolute Gasteiger partial charge is 0.224 e. The zero-order valence-electron chi connectivity index (χ0n) is 12.1. The molecule has 0 spiro atoms. The second kappa shape index (κ2) is 6.10. The molecule has 3 rings (SSSR count). The number of halogens is 1. The lowest BCUT2D eigenvalue weighted by Crippen LogP contribution is -2.08. The fraction of sp³-hybridized carbons (Fsp3) is 0.188. The summed E-state index contributed by atoms with van der Waals surface area (Å²) in [7, 11) is 0. The van der Waals surface area contributed by atoms with Gasteiger partial charge in [0.25, 0.3) is 0 Å². The highest BCUT2D eigenvalue weighted by molar-refractivity contribution is 7.98. The van der Waals surface area contributed by atoms with E-state index in [1.165, 1.54) is 11.8 Å². The first-order chi connectivity index (χ1) is 10.5. The normalized spacial score (nSPS) is 13.6. The Kier molecular flexibility index (Phi) is 4.18. The van der Waals surface area contributed by atoms with Crippen molar-refractivity contribution in [2.45, 2.75) is 18.5 Å². The standard InChI is InChI=1S/C16H13ClN2O2S/c1-9-5-11(20)6-10-7-12(3-4-13(9)10)21-15-8-14(17)18-16(19-15)22-2/h3-5,7-8H,6H2,1-2H3. The first-order valence-corrected chi connectivity index (χ1v) is 8.26. The minimum Gasteiger partial charge on any atom is -0.439 e. The molecule has 0 saturated carbocycles. The van der Waals surface area contributed by atoms with Crippen molar-refractivity contribution in [1.29, 1.82) is 0 Å². The molecule has 1 aromatic carbocycles. The number of rotatable bonds is 3. The zero-order chi connectivity index (χ0) is 15.7. The largest absolute Gasteiger partial charge is 0.439 e. The van der Waals surface area contributed by atoms with Gasteiger partial charge in [-0.05, 0) is 48.1 Å². The summed E-state index contributed by atoms with van der Waals surface area (Å²) in [6.45, 7) is 1.94. The molecule has 0 bridgehead atoms. The Morgan fingerprint density at radius 1 is 1.27 bits per heavy atom. The number of hydrogen-bond acceptors (Lipinski definition) is 5. The number of ketones is 1. The summed E-state index contributed by atoms with van der Waals surface area (Å²) in [5.74, 6) is 1.12. The topological polar surface area (TPSA) is 52.1 Å². The van der Waals surface area contributed by atoms with Gasteiger partial charge >= 0.3 is 0 Å². The minimum atomic E-state index is 0.108. The maximum Gasteiger partial charge on any atom is 0.224 e. The van der Waals surface area contributed by atoms with Crippen LogP contribution in [0.3, 0.4) is 0 Å². The third-order valence-corrected chi connectivity index (χ3v) is 4.04. The van der Waals surface area contributed by atoms with Crippen molar-refractivity contribution >= 4 is 34.7 Å². The molecule has 2 aromatic rings. The molecule has 0 saturated heterocycles. The van der Waals surface area contributed by atoms with Crippen LogP contribution in [0.15, 0.2) is 35.5 Å². The molecule has 0 aliphatic heterocycles. The van der Waals surface area contributed by atoms with Gasteiger partial charge in [0.2, 0.25) is 5.88 Å². The van der Waals surface area contributed by atoms with Gasteiger partial charge in [-0.25, -0.2) is 4.98 Å². The summed E-state index contributed by atoms with van der Waals surface area (Å²) in [5, 5.41) is 0.885. The molecule has 0 N–H and O–H groups in total. The second-order valence-corrected chi connectivity index (χ2v) is 6.07. The maximum absolute atomic E-state index is 11.7. The van der Waals surface area contributed by atoms with Crippen molar-refractivity contribution in [3.8, 4) is 11.6 Å². The van der Waals surface area contributed by atoms with Crippen LogP contribution in [0.2, 0.25) is 5.15 Å². The first kappa shape index (κ1) is 15.1. The van der Waals surface area contributed by atoms with Gasteiger partial charge in [0.05, 0.1) is 0 Å². The predicted octanol–water partition coefficient (Wildman–Crippen LogP) is 4.17. The van der Waals surface area contributed by atoms with Gasteiger partial charge in [-0.1, -0.05) is 29.4 Å². The van der Waals surface area contributed by atoms with Gasteiger partial charge in [0.1, 0.15) is 10.9 Å².